The molecule has 1 aromatic carbocycles. The molecule has 0 unspecified atom stereocenters. The standard InChI is InChI=1S/C22H29FN4O5/c1-13(2)12-27(15-7-5-4-6-8-15)18-10-16(23)19(31-22(29)30)11-17(18)24-21(28)25-20-9-14(3)26-32-20/h9-11,13,15H,4-8,12H2,1-3H3,(H,29,30)(H2,24,25,28). The maximum Gasteiger partial charge on any atom is 0.511 e. The average Bonchev–Trinajstić information content (AvgIpc) is 3.13. The molecule has 2 aromatic rings. The van der Waals surface area contributed by atoms with Crippen LogP contribution in [0.2, 0.25) is 0 Å². The third-order valence-electron chi connectivity index (χ3n) is 5.25. The van der Waals surface area contributed by atoms with Crippen molar-refractivity contribution in [3.05, 3.63) is 29.7 Å². The molecule has 0 saturated heterocycles. The van der Waals surface area contributed by atoms with Gasteiger partial charge in [0.2, 0.25) is 5.88 Å². The van der Waals surface area contributed by atoms with E-state index in [4.69, 9.17) is 9.63 Å². The highest BCUT2D eigenvalue weighted by Gasteiger charge is 2.27. The number of carboxylic acid groups (broad SMARTS) is 1. The molecule has 1 fully saturated rings. The van der Waals surface area contributed by atoms with Gasteiger partial charge < -0.3 is 24.6 Å². The molecule has 1 aromatic heterocycles. The number of aryl methyl sites for hydroxylation is 1. The Labute approximate surface area is 185 Å². The van der Waals surface area contributed by atoms with Crippen LogP contribution < -0.4 is 20.3 Å². The fourth-order valence-corrected chi connectivity index (χ4v) is 3.97. The fraction of sp³-hybridized carbons (Fsp3) is 0.500. The van der Waals surface area contributed by atoms with Crippen LogP contribution in [0.25, 0.3) is 0 Å². The van der Waals surface area contributed by atoms with E-state index in [0.717, 1.165) is 32.1 Å². The first-order chi connectivity index (χ1) is 15.2. The first-order valence-corrected chi connectivity index (χ1v) is 10.7. The Morgan fingerprint density at radius 1 is 1.25 bits per heavy atom. The van der Waals surface area contributed by atoms with Crippen LogP contribution in [0.3, 0.4) is 0 Å². The van der Waals surface area contributed by atoms with E-state index in [9.17, 15) is 14.0 Å². The number of halogens is 1. The number of nitrogens with one attached hydrogen (secondary N) is 2. The highest BCUT2D eigenvalue weighted by molar-refractivity contribution is 6.01. The summed E-state index contributed by atoms with van der Waals surface area (Å²) in [6.45, 7) is 6.51. The van der Waals surface area contributed by atoms with Crippen molar-refractivity contribution >= 4 is 29.4 Å². The van der Waals surface area contributed by atoms with E-state index < -0.39 is 23.8 Å². The molecule has 0 aliphatic heterocycles. The van der Waals surface area contributed by atoms with Crippen molar-refractivity contribution in [3.8, 4) is 5.75 Å². The topological polar surface area (TPSA) is 117 Å². The van der Waals surface area contributed by atoms with Crippen molar-refractivity contribution < 1.29 is 28.3 Å². The average molecular weight is 448 g/mol. The Morgan fingerprint density at radius 2 is 1.97 bits per heavy atom. The minimum atomic E-state index is -1.64. The summed E-state index contributed by atoms with van der Waals surface area (Å²) in [6.07, 6.45) is 3.60. The van der Waals surface area contributed by atoms with Crippen molar-refractivity contribution in [3.63, 3.8) is 0 Å². The molecule has 1 aliphatic carbocycles. The number of carbonyl (C=O) groups is 2. The van der Waals surface area contributed by atoms with E-state index >= 15 is 0 Å². The smallest absolute Gasteiger partial charge is 0.449 e. The normalized spacial score (nSPS) is 14.3. The molecule has 174 valence electrons. The number of hydrogen-bond acceptors (Lipinski definition) is 6. The molecule has 2 amide bonds. The number of aromatic nitrogens is 1. The van der Waals surface area contributed by atoms with E-state index in [1.807, 2.05) is 0 Å². The molecule has 32 heavy (non-hydrogen) atoms. The predicted octanol–water partition coefficient (Wildman–Crippen LogP) is 5.62. The molecule has 1 saturated carbocycles. The number of ether oxygens (including phenoxy) is 1. The van der Waals surface area contributed by atoms with Crippen LogP contribution in [-0.4, -0.2) is 35.0 Å². The first-order valence-electron chi connectivity index (χ1n) is 10.7. The van der Waals surface area contributed by atoms with Crippen LogP contribution >= 0.6 is 0 Å². The van der Waals surface area contributed by atoms with Gasteiger partial charge in [0.25, 0.3) is 0 Å². The lowest BCUT2D eigenvalue weighted by Gasteiger charge is -2.38. The quantitative estimate of drug-likeness (QED) is 0.372. The molecule has 1 aliphatic rings. The van der Waals surface area contributed by atoms with Crippen LogP contribution in [-0.2, 0) is 0 Å². The van der Waals surface area contributed by atoms with Gasteiger partial charge in [0, 0.05) is 30.8 Å². The molecule has 10 heteroatoms. The lowest BCUT2D eigenvalue weighted by molar-refractivity contribution is 0.142. The summed E-state index contributed by atoms with van der Waals surface area (Å²) in [4.78, 5) is 25.7. The van der Waals surface area contributed by atoms with Gasteiger partial charge in [-0.15, -0.1) is 0 Å². The van der Waals surface area contributed by atoms with Gasteiger partial charge in [-0.25, -0.2) is 14.0 Å². The number of benzene rings is 1. The van der Waals surface area contributed by atoms with Crippen LogP contribution in [0.5, 0.6) is 5.75 Å². The Balaban J connectivity index is 1.96. The highest BCUT2D eigenvalue weighted by Crippen LogP contribution is 2.37. The molecule has 3 rings (SSSR count). The molecule has 0 radical (unpaired) electrons. The van der Waals surface area contributed by atoms with Crippen LogP contribution in [0.15, 0.2) is 22.7 Å². The van der Waals surface area contributed by atoms with Crippen molar-refractivity contribution in [1.82, 2.24) is 5.16 Å². The second-order valence-corrected chi connectivity index (χ2v) is 8.42. The minimum absolute atomic E-state index is 0.150. The molecular weight excluding hydrogens is 419 g/mol. The first kappa shape index (κ1) is 23.4. The Hall–Kier alpha value is -3.30. The number of amides is 2. The third-order valence-corrected chi connectivity index (χ3v) is 5.25. The number of rotatable bonds is 7. The van der Waals surface area contributed by atoms with Crippen molar-refractivity contribution in [2.45, 2.75) is 58.9 Å². The minimum Gasteiger partial charge on any atom is -0.449 e. The lowest BCUT2D eigenvalue weighted by Crippen LogP contribution is -2.40. The molecular formula is C22H29FN4O5. The second-order valence-electron chi connectivity index (χ2n) is 8.42. The van der Waals surface area contributed by atoms with Crippen molar-refractivity contribution in [2.24, 2.45) is 5.92 Å². The Morgan fingerprint density at radius 3 is 2.56 bits per heavy atom. The largest absolute Gasteiger partial charge is 0.511 e. The van der Waals surface area contributed by atoms with Crippen molar-refractivity contribution in [2.75, 3.05) is 22.1 Å². The molecule has 1 heterocycles. The summed E-state index contributed by atoms with van der Waals surface area (Å²) < 4.78 is 24.3. The summed E-state index contributed by atoms with van der Waals surface area (Å²) in [5.74, 6) is -0.866. The lowest BCUT2D eigenvalue weighted by atomic mass is 9.93. The molecule has 0 atom stereocenters. The molecule has 0 bridgehead atoms. The molecule has 9 nitrogen and oxygen atoms in total. The summed E-state index contributed by atoms with van der Waals surface area (Å²) in [6, 6.07) is 3.53. The zero-order valence-electron chi connectivity index (χ0n) is 18.5. The van der Waals surface area contributed by atoms with Gasteiger partial charge in [-0.3, -0.25) is 5.32 Å². The summed E-state index contributed by atoms with van der Waals surface area (Å²) >= 11 is 0. The number of nitrogens with zero attached hydrogens (tertiary/aromatic N) is 2. The van der Waals surface area contributed by atoms with E-state index in [1.54, 1.807) is 13.0 Å². The second kappa shape index (κ2) is 10.3. The Kier molecular flexibility index (Phi) is 7.55. The molecule has 3 N–H and O–H groups in total. The number of urea groups is 1. The monoisotopic (exact) mass is 448 g/mol. The zero-order valence-corrected chi connectivity index (χ0v) is 18.5. The number of carbonyl (C=O) groups excluding carboxylic acids is 1. The zero-order chi connectivity index (χ0) is 23.3. The predicted molar refractivity (Wildman–Crippen MR) is 118 cm³/mol. The summed E-state index contributed by atoms with van der Waals surface area (Å²) in [5, 5.41) is 17.9. The van der Waals surface area contributed by atoms with Gasteiger partial charge in [0.15, 0.2) is 11.6 Å². The van der Waals surface area contributed by atoms with Crippen LogP contribution in [0.1, 0.15) is 51.6 Å². The highest BCUT2D eigenvalue weighted by atomic mass is 19.1. The molecule has 0 spiro atoms. The summed E-state index contributed by atoms with van der Waals surface area (Å²) in [5.41, 5.74) is 1.31. The summed E-state index contributed by atoms with van der Waals surface area (Å²) in [7, 11) is 0. The SMILES string of the molecule is Cc1cc(NC(=O)Nc2cc(OC(=O)O)c(F)cc2N(CC(C)C)C2CCCCC2)on1. The Bertz CT molecular complexity index is 956. The number of anilines is 3. The van der Waals surface area contributed by atoms with E-state index in [2.05, 4.69) is 39.3 Å². The van der Waals surface area contributed by atoms with E-state index in [-0.39, 0.29) is 23.5 Å². The van der Waals surface area contributed by atoms with Gasteiger partial charge in [-0.2, -0.15) is 0 Å². The van der Waals surface area contributed by atoms with Gasteiger partial charge in [0.1, 0.15) is 0 Å². The maximum atomic E-state index is 14.8. The number of hydrogen-bond donors (Lipinski definition) is 3. The van der Waals surface area contributed by atoms with E-state index in [1.165, 1.54) is 12.1 Å². The third kappa shape index (κ3) is 6.12. The van der Waals surface area contributed by atoms with Gasteiger partial charge in [-0.1, -0.05) is 38.3 Å². The van der Waals surface area contributed by atoms with Crippen LogP contribution in [0.4, 0.5) is 31.2 Å². The van der Waals surface area contributed by atoms with Crippen LogP contribution in [0, 0.1) is 18.7 Å². The van der Waals surface area contributed by atoms with E-state index in [0.29, 0.717) is 17.9 Å². The van der Waals surface area contributed by atoms with Gasteiger partial charge in [0.05, 0.1) is 17.1 Å². The maximum absolute atomic E-state index is 14.8. The van der Waals surface area contributed by atoms with Crippen molar-refractivity contribution in [1.29, 1.82) is 0 Å². The fourth-order valence-electron chi connectivity index (χ4n) is 3.97. The van der Waals surface area contributed by atoms with Gasteiger partial charge >= 0.3 is 12.2 Å². The van der Waals surface area contributed by atoms with Gasteiger partial charge in [-0.05, 0) is 25.7 Å².